The van der Waals surface area contributed by atoms with E-state index in [-0.39, 0.29) is 5.91 Å². The van der Waals surface area contributed by atoms with Crippen LogP contribution in [0.25, 0.3) is 0 Å². The second-order valence-electron chi connectivity index (χ2n) is 7.59. The van der Waals surface area contributed by atoms with Gasteiger partial charge >= 0.3 is 0 Å². The van der Waals surface area contributed by atoms with E-state index in [0.29, 0.717) is 24.4 Å². The molecule has 0 bridgehead atoms. The summed E-state index contributed by atoms with van der Waals surface area (Å²) >= 11 is 0. The molecule has 0 saturated carbocycles. The Bertz CT molecular complexity index is 630. The van der Waals surface area contributed by atoms with Gasteiger partial charge in [0.15, 0.2) is 0 Å². The van der Waals surface area contributed by atoms with Gasteiger partial charge in [-0.3, -0.25) is 4.79 Å². The number of amides is 1. The van der Waals surface area contributed by atoms with Gasteiger partial charge in [-0.1, -0.05) is 60.7 Å². The molecule has 3 nitrogen and oxygen atoms in total. The van der Waals surface area contributed by atoms with E-state index >= 15 is 0 Å². The first-order chi connectivity index (χ1) is 12.7. The number of hydrogen-bond acceptors (Lipinski definition) is 2. The van der Waals surface area contributed by atoms with Crippen LogP contribution in [0.5, 0.6) is 0 Å². The van der Waals surface area contributed by atoms with E-state index in [1.165, 1.54) is 11.1 Å². The summed E-state index contributed by atoms with van der Waals surface area (Å²) in [5.74, 6) is 0.514. The molecule has 0 aliphatic carbocycles. The smallest absolute Gasteiger partial charge is 0.220 e. The minimum Gasteiger partial charge on any atom is -0.353 e. The van der Waals surface area contributed by atoms with Crippen LogP contribution < -0.4 is 10.6 Å². The predicted molar refractivity (Wildman–Crippen MR) is 107 cm³/mol. The van der Waals surface area contributed by atoms with Crippen LogP contribution in [0.1, 0.15) is 37.3 Å². The van der Waals surface area contributed by atoms with E-state index in [2.05, 4.69) is 66.1 Å². The SMILES string of the molecule is CC1CC(NC(=O)CC(Cc2ccccc2)Cc2ccccc2)CCN1. The number of hydrogen-bond donors (Lipinski definition) is 2. The molecule has 1 fully saturated rings. The monoisotopic (exact) mass is 350 g/mol. The van der Waals surface area contributed by atoms with E-state index in [0.717, 1.165) is 32.2 Å². The van der Waals surface area contributed by atoms with Gasteiger partial charge in [0, 0.05) is 18.5 Å². The van der Waals surface area contributed by atoms with Gasteiger partial charge < -0.3 is 10.6 Å². The summed E-state index contributed by atoms with van der Waals surface area (Å²) in [6, 6.07) is 21.8. The molecule has 2 atom stereocenters. The lowest BCUT2D eigenvalue weighted by Gasteiger charge is -2.29. The molecule has 2 unspecified atom stereocenters. The third kappa shape index (κ3) is 5.99. The van der Waals surface area contributed by atoms with Crippen molar-refractivity contribution in [2.45, 2.75) is 51.1 Å². The fourth-order valence-electron chi connectivity index (χ4n) is 3.92. The maximum absolute atomic E-state index is 12.7. The van der Waals surface area contributed by atoms with Crippen LogP contribution in [0.15, 0.2) is 60.7 Å². The van der Waals surface area contributed by atoms with Gasteiger partial charge in [-0.2, -0.15) is 0 Å². The van der Waals surface area contributed by atoms with Crippen molar-refractivity contribution in [1.29, 1.82) is 0 Å². The molecule has 1 heterocycles. The average Bonchev–Trinajstić information content (AvgIpc) is 2.63. The van der Waals surface area contributed by atoms with Crippen molar-refractivity contribution in [3.05, 3.63) is 71.8 Å². The first-order valence-corrected chi connectivity index (χ1v) is 9.79. The van der Waals surface area contributed by atoms with Gasteiger partial charge in [0.2, 0.25) is 5.91 Å². The standard InChI is InChI=1S/C23H30N2O/c1-18-14-22(12-13-24-18)25-23(26)17-21(15-19-8-4-2-5-9-19)16-20-10-6-3-7-11-20/h2-11,18,21-22,24H,12-17H2,1H3,(H,25,26). The molecule has 3 rings (SSSR count). The fraction of sp³-hybridized carbons (Fsp3) is 0.435. The Morgan fingerprint density at radius 1 is 1.04 bits per heavy atom. The third-order valence-corrected chi connectivity index (χ3v) is 5.20. The molecular formula is C23H30N2O. The molecule has 138 valence electrons. The Kier molecular flexibility index (Phi) is 6.84. The molecule has 0 spiro atoms. The average molecular weight is 351 g/mol. The Labute approximate surface area is 157 Å². The summed E-state index contributed by atoms with van der Waals surface area (Å²) in [5.41, 5.74) is 2.61. The molecule has 3 heteroatoms. The van der Waals surface area contributed by atoms with Crippen LogP contribution >= 0.6 is 0 Å². The molecule has 26 heavy (non-hydrogen) atoms. The highest BCUT2D eigenvalue weighted by molar-refractivity contribution is 5.76. The highest BCUT2D eigenvalue weighted by Gasteiger charge is 2.22. The normalized spacial score (nSPS) is 20.1. The first kappa shape index (κ1) is 18.7. The lowest BCUT2D eigenvalue weighted by atomic mass is 9.89. The highest BCUT2D eigenvalue weighted by Crippen LogP contribution is 2.19. The predicted octanol–water partition coefficient (Wildman–Crippen LogP) is 3.73. The summed E-state index contributed by atoms with van der Waals surface area (Å²) < 4.78 is 0. The minimum atomic E-state index is 0.195. The van der Waals surface area contributed by atoms with E-state index in [1.54, 1.807) is 0 Å². The minimum absolute atomic E-state index is 0.195. The van der Waals surface area contributed by atoms with Crippen LogP contribution in [0.3, 0.4) is 0 Å². The topological polar surface area (TPSA) is 41.1 Å². The largest absolute Gasteiger partial charge is 0.353 e. The molecule has 1 saturated heterocycles. The van der Waals surface area contributed by atoms with Gasteiger partial charge in [-0.25, -0.2) is 0 Å². The summed E-state index contributed by atoms with van der Waals surface area (Å²) in [7, 11) is 0. The van der Waals surface area contributed by atoms with Gasteiger partial charge in [-0.05, 0) is 56.2 Å². The van der Waals surface area contributed by atoms with Gasteiger partial charge in [0.05, 0.1) is 0 Å². The second kappa shape index (κ2) is 9.54. The molecule has 1 amide bonds. The highest BCUT2D eigenvalue weighted by atomic mass is 16.1. The number of carbonyl (C=O) groups excluding carboxylic acids is 1. The zero-order valence-corrected chi connectivity index (χ0v) is 15.7. The zero-order chi connectivity index (χ0) is 18.2. The summed E-state index contributed by atoms with van der Waals surface area (Å²) in [6.45, 7) is 3.18. The summed E-state index contributed by atoms with van der Waals surface area (Å²) in [5, 5.41) is 6.71. The maximum Gasteiger partial charge on any atom is 0.220 e. The van der Waals surface area contributed by atoms with Crippen LogP contribution in [0, 0.1) is 5.92 Å². The van der Waals surface area contributed by atoms with Gasteiger partial charge in [0.1, 0.15) is 0 Å². The lowest BCUT2D eigenvalue weighted by molar-refractivity contribution is -0.122. The second-order valence-corrected chi connectivity index (χ2v) is 7.59. The Hall–Kier alpha value is -2.13. The third-order valence-electron chi connectivity index (χ3n) is 5.20. The summed E-state index contributed by atoms with van der Waals surface area (Å²) in [6.07, 6.45) is 4.51. The van der Waals surface area contributed by atoms with Crippen molar-refractivity contribution in [3.8, 4) is 0 Å². The van der Waals surface area contributed by atoms with Crippen molar-refractivity contribution in [2.24, 2.45) is 5.92 Å². The lowest BCUT2D eigenvalue weighted by Crippen LogP contribution is -2.46. The van der Waals surface area contributed by atoms with Crippen molar-refractivity contribution in [2.75, 3.05) is 6.54 Å². The Morgan fingerprint density at radius 2 is 1.62 bits per heavy atom. The summed E-state index contributed by atoms with van der Waals surface area (Å²) in [4.78, 5) is 12.7. The molecule has 0 aromatic heterocycles. The molecule has 2 N–H and O–H groups in total. The Balaban J connectivity index is 1.61. The van der Waals surface area contributed by atoms with Crippen LogP contribution in [-0.4, -0.2) is 24.5 Å². The quantitative estimate of drug-likeness (QED) is 0.799. The Morgan fingerprint density at radius 3 is 2.15 bits per heavy atom. The van der Waals surface area contributed by atoms with E-state index < -0.39 is 0 Å². The van der Waals surface area contributed by atoms with Crippen LogP contribution in [0.2, 0.25) is 0 Å². The molecule has 0 radical (unpaired) electrons. The molecule has 2 aromatic carbocycles. The van der Waals surface area contributed by atoms with Crippen LogP contribution in [0.4, 0.5) is 0 Å². The molecule has 1 aliphatic rings. The van der Waals surface area contributed by atoms with Gasteiger partial charge in [-0.15, -0.1) is 0 Å². The van der Waals surface area contributed by atoms with Crippen molar-refractivity contribution >= 4 is 5.91 Å². The zero-order valence-electron chi connectivity index (χ0n) is 15.7. The van der Waals surface area contributed by atoms with Crippen molar-refractivity contribution in [3.63, 3.8) is 0 Å². The first-order valence-electron chi connectivity index (χ1n) is 9.79. The fourth-order valence-corrected chi connectivity index (χ4v) is 3.92. The number of nitrogens with one attached hydrogen (secondary N) is 2. The maximum atomic E-state index is 12.7. The number of carbonyl (C=O) groups is 1. The van der Waals surface area contributed by atoms with Crippen molar-refractivity contribution < 1.29 is 4.79 Å². The van der Waals surface area contributed by atoms with Crippen LogP contribution in [-0.2, 0) is 17.6 Å². The van der Waals surface area contributed by atoms with E-state index in [4.69, 9.17) is 0 Å². The van der Waals surface area contributed by atoms with Crippen molar-refractivity contribution in [1.82, 2.24) is 10.6 Å². The van der Waals surface area contributed by atoms with E-state index in [1.807, 2.05) is 12.1 Å². The number of rotatable bonds is 7. The molecular weight excluding hydrogens is 320 g/mol. The molecule has 2 aromatic rings. The molecule has 1 aliphatic heterocycles. The number of piperidine rings is 1. The van der Waals surface area contributed by atoms with Gasteiger partial charge in [0.25, 0.3) is 0 Å². The number of benzene rings is 2. The van der Waals surface area contributed by atoms with E-state index in [9.17, 15) is 4.79 Å².